The molecule has 6 nitrogen and oxygen atoms in total. The molecule has 1 amide bonds. The van der Waals surface area contributed by atoms with Gasteiger partial charge in [0.05, 0.1) is 23.3 Å². The summed E-state index contributed by atoms with van der Waals surface area (Å²) >= 11 is 0. The van der Waals surface area contributed by atoms with Crippen molar-refractivity contribution in [2.75, 3.05) is 19.0 Å². The van der Waals surface area contributed by atoms with Crippen LogP contribution in [0.15, 0.2) is 24.5 Å². The number of carbonyl (C=O) groups excluding carboxylic acids is 1. The highest BCUT2D eigenvalue weighted by molar-refractivity contribution is 5.94. The smallest absolute Gasteiger partial charge is 0.253 e. The molecule has 0 saturated carbocycles. The molecule has 1 aliphatic carbocycles. The van der Waals surface area contributed by atoms with Crippen molar-refractivity contribution in [2.45, 2.75) is 51.6 Å². The van der Waals surface area contributed by atoms with Crippen LogP contribution < -0.4 is 10.2 Å². The largest absolute Gasteiger partial charge is 0.363 e. The Labute approximate surface area is 149 Å². The maximum absolute atomic E-state index is 12.6. The van der Waals surface area contributed by atoms with E-state index in [4.69, 9.17) is 0 Å². The average Bonchev–Trinajstić information content (AvgIpc) is 3.00. The Morgan fingerprint density at radius 1 is 1.28 bits per heavy atom. The molecule has 134 valence electrons. The summed E-state index contributed by atoms with van der Waals surface area (Å²) in [5.74, 6) is 0.752. The van der Waals surface area contributed by atoms with Gasteiger partial charge in [0, 0.05) is 31.5 Å². The van der Waals surface area contributed by atoms with Crippen molar-refractivity contribution in [3.63, 3.8) is 0 Å². The third-order valence-corrected chi connectivity index (χ3v) is 4.59. The summed E-state index contributed by atoms with van der Waals surface area (Å²) in [5.41, 5.74) is 2.92. The highest BCUT2D eigenvalue weighted by Crippen LogP contribution is 2.32. The number of fused-ring (bicyclic) bond motifs is 1. The molecule has 2 aromatic heterocycles. The molecular weight excluding hydrogens is 314 g/mol. The van der Waals surface area contributed by atoms with Gasteiger partial charge in [-0.2, -0.15) is 5.10 Å². The maximum Gasteiger partial charge on any atom is 0.253 e. The number of aromatic nitrogens is 3. The predicted molar refractivity (Wildman–Crippen MR) is 98.9 cm³/mol. The van der Waals surface area contributed by atoms with E-state index in [-0.39, 0.29) is 17.5 Å². The lowest BCUT2D eigenvalue weighted by atomic mass is 9.92. The first kappa shape index (κ1) is 17.5. The van der Waals surface area contributed by atoms with Crippen LogP contribution in [0.4, 0.5) is 5.82 Å². The van der Waals surface area contributed by atoms with E-state index >= 15 is 0 Å². The fourth-order valence-corrected chi connectivity index (χ4v) is 3.31. The van der Waals surface area contributed by atoms with E-state index in [0.29, 0.717) is 5.56 Å². The minimum atomic E-state index is -0.0841. The molecule has 0 unspecified atom stereocenters. The van der Waals surface area contributed by atoms with Gasteiger partial charge in [-0.05, 0) is 52.2 Å². The number of carbonyl (C=O) groups is 1. The monoisotopic (exact) mass is 341 g/mol. The Morgan fingerprint density at radius 3 is 2.64 bits per heavy atom. The fraction of sp³-hybridized carbons (Fsp3) is 0.526. The lowest BCUT2D eigenvalue weighted by molar-refractivity contribution is 0.0932. The van der Waals surface area contributed by atoms with Crippen molar-refractivity contribution in [1.29, 1.82) is 0 Å². The summed E-state index contributed by atoms with van der Waals surface area (Å²) in [6.07, 6.45) is 6.55. The number of amides is 1. The summed E-state index contributed by atoms with van der Waals surface area (Å²) in [4.78, 5) is 18.9. The Balaban J connectivity index is 1.78. The minimum absolute atomic E-state index is 0.0147. The van der Waals surface area contributed by atoms with Gasteiger partial charge in [0.15, 0.2) is 0 Å². The van der Waals surface area contributed by atoms with Crippen LogP contribution in [-0.2, 0) is 12.0 Å². The molecule has 25 heavy (non-hydrogen) atoms. The quantitative estimate of drug-likeness (QED) is 0.932. The summed E-state index contributed by atoms with van der Waals surface area (Å²) in [6.45, 7) is 6.46. The van der Waals surface area contributed by atoms with Gasteiger partial charge >= 0.3 is 0 Å². The highest BCUT2D eigenvalue weighted by Gasteiger charge is 2.29. The number of hydrogen-bond acceptors (Lipinski definition) is 4. The van der Waals surface area contributed by atoms with Crippen LogP contribution in [0, 0.1) is 0 Å². The van der Waals surface area contributed by atoms with Gasteiger partial charge in [-0.15, -0.1) is 0 Å². The van der Waals surface area contributed by atoms with Crippen LogP contribution in [0.1, 0.15) is 61.3 Å². The standard InChI is InChI=1S/C19H27N5O/c1-19(2,3)24-16-8-6-7-15(14(16)12-21-24)22-18(25)13-9-10-17(20-11-13)23(4)5/h9-12,15H,6-8H2,1-5H3,(H,22,25)/t15-/m0/s1. The first-order valence-corrected chi connectivity index (χ1v) is 8.79. The van der Waals surface area contributed by atoms with Crippen molar-refractivity contribution in [3.8, 4) is 0 Å². The zero-order valence-corrected chi connectivity index (χ0v) is 15.7. The number of hydrogen-bond donors (Lipinski definition) is 1. The van der Waals surface area contributed by atoms with Gasteiger partial charge in [0.1, 0.15) is 5.82 Å². The van der Waals surface area contributed by atoms with Crippen molar-refractivity contribution in [2.24, 2.45) is 0 Å². The predicted octanol–water partition coefficient (Wildman–Crippen LogP) is 2.91. The summed E-state index contributed by atoms with van der Waals surface area (Å²) in [6, 6.07) is 3.69. The minimum Gasteiger partial charge on any atom is -0.363 e. The molecule has 1 N–H and O–H groups in total. The molecule has 2 heterocycles. The first-order valence-electron chi connectivity index (χ1n) is 8.79. The Morgan fingerprint density at radius 2 is 2.04 bits per heavy atom. The van der Waals surface area contributed by atoms with E-state index in [0.717, 1.165) is 30.6 Å². The van der Waals surface area contributed by atoms with Gasteiger partial charge in [-0.1, -0.05) is 0 Å². The molecule has 0 fully saturated rings. The fourth-order valence-electron chi connectivity index (χ4n) is 3.31. The third kappa shape index (κ3) is 3.52. The number of pyridine rings is 1. The Bertz CT molecular complexity index is 755. The van der Waals surface area contributed by atoms with E-state index in [1.165, 1.54) is 5.69 Å². The van der Waals surface area contributed by atoms with Gasteiger partial charge in [-0.3, -0.25) is 9.48 Å². The van der Waals surface area contributed by atoms with E-state index in [9.17, 15) is 4.79 Å². The molecule has 2 aromatic rings. The van der Waals surface area contributed by atoms with Crippen LogP contribution >= 0.6 is 0 Å². The second-order valence-corrected chi connectivity index (χ2v) is 7.85. The first-order chi connectivity index (χ1) is 11.8. The summed E-state index contributed by atoms with van der Waals surface area (Å²) < 4.78 is 2.09. The van der Waals surface area contributed by atoms with Gasteiger partial charge in [0.2, 0.25) is 0 Å². The van der Waals surface area contributed by atoms with Crippen LogP contribution in [-0.4, -0.2) is 34.8 Å². The SMILES string of the molecule is CN(C)c1ccc(C(=O)N[C@H]2CCCc3c2cnn3C(C)(C)C)cn1. The molecular formula is C19H27N5O. The second-order valence-electron chi connectivity index (χ2n) is 7.85. The number of nitrogens with zero attached hydrogens (tertiary/aromatic N) is 4. The van der Waals surface area contributed by atoms with Crippen molar-refractivity contribution >= 4 is 11.7 Å². The Kier molecular flexibility index (Phi) is 4.54. The van der Waals surface area contributed by atoms with E-state index < -0.39 is 0 Å². The van der Waals surface area contributed by atoms with Crippen molar-refractivity contribution in [1.82, 2.24) is 20.1 Å². The molecule has 0 bridgehead atoms. The molecule has 6 heteroatoms. The van der Waals surface area contributed by atoms with Crippen molar-refractivity contribution < 1.29 is 4.79 Å². The van der Waals surface area contributed by atoms with Crippen LogP contribution in [0.2, 0.25) is 0 Å². The molecule has 0 saturated heterocycles. The van der Waals surface area contributed by atoms with Crippen LogP contribution in [0.3, 0.4) is 0 Å². The van der Waals surface area contributed by atoms with E-state index in [1.54, 1.807) is 6.20 Å². The summed E-state index contributed by atoms with van der Waals surface area (Å²) in [5, 5.41) is 7.74. The Hall–Kier alpha value is -2.37. The number of nitrogens with one attached hydrogen (secondary N) is 1. The lowest BCUT2D eigenvalue weighted by Gasteiger charge is -2.28. The molecule has 1 aliphatic rings. The zero-order valence-electron chi connectivity index (χ0n) is 15.7. The van der Waals surface area contributed by atoms with Gasteiger partial charge < -0.3 is 10.2 Å². The normalized spacial score (nSPS) is 17.1. The van der Waals surface area contributed by atoms with E-state index in [2.05, 4.69) is 40.9 Å². The zero-order chi connectivity index (χ0) is 18.2. The van der Waals surface area contributed by atoms with Gasteiger partial charge in [0.25, 0.3) is 5.91 Å². The number of anilines is 1. The molecule has 0 spiro atoms. The van der Waals surface area contributed by atoms with Crippen LogP contribution in [0.5, 0.6) is 0 Å². The average molecular weight is 341 g/mol. The van der Waals surface area contributed by atoms with Crippen molar-refractivity contribution in [3.05, 3.63) is 41.3 Å². The third-order valence-electron chi connectivity index (χ3n) is 4.59. The summed E-state index contributed by atoms with van der Waals surface area (Å²) in [7, 11) is 3.86. The molecule has 1 atom stereocenters. The van der Waals surface area contributed by atoms with E-state index in [1.807, 2.05) is 37.3 Å². The molecule has 0 radical (unpaired) electrons. The molecule has 0 aromatic carbocycles. The number of rotatable bonds is 3. The molecule has 3 rings (SSSR count). The topological polar surface area (TPSA) is 63.1 Å². The lowest BCUT2D eigenvalue weighted by Crippen LogP contribution is -2.32. The highest BCUT2D eigenvalue weighted by atomic mass is 16.1. The second kappa shape index (κ2) is 6.50. The molecule has 0 aliphatic heterocycles. The maximum atomic E-state index is 12.6. The van der Waals surface area contributed by atoms with Crippen LogP contribution in [0.25, 0.3) is 0 Å². The van der Waals surface area contributed by atoms with Gasteiger partial charge in [-0.25, -0.2) is 4.98 Å².